The van der Waals surface area contributed by atoms with Gasteiger partial charge in [0.2, 0.25) is 0 Å². The molecule has 1 heterocycles. The SMILES string of the molecule is CC(S)C[C@@H]1CCCN1C. The lowest BCUT2D eigenvalue weighted by Crippen LogP contribution is -2.26. The molecule has 0 N–H and O–H groups in total. The summed E-state index contributed by atoms with van der Waals surface area (Å²) in [6, 6.07) is 0.812. The fraction of sp³-hybridized carbons (Fsp3) is 1.00. The molecular weight excluding hydrogens is 142 g/mol. The summed E-state index contributed by atoms with van der Waals surface area (Å²) >= 11 is 4.39. The van der Waals surface area contributed by atoms with Crippen molar-refractivity contribution in [2.45, 2.75) is 37.5 Å². The molecular formula is C8H17NS. The topological polar surface area (TPSA) is 3.24 Å². The Bertz CT molecular complexity index is 103. The molecule has 0 radical (unpaired) electrons. The van der Waals surface area contributed by atoms with Gasteiger partial charge in [0.15, 0.2) is 0 Å². The maximum atomic E-state index is 4.39. The number of nitrogens with zero attached hydrogens (tertiary/aromatic N) is 1. The minimum absolute atomic E-state index is 0.561. The Hall–Kier alpha value is 0.310. The minimum atomic E-state index is 0.561. The molecule has 1 aliphatic heterocycles. The van der Waals surface area contributed by atoms with Gasteiger partial charge in [-0.1, -0.05) is 6.92 Å². The molecule has 1 aliphatic rings. The molecule has 10 heavy (non-hydrogen) atoms. The zero-order chi connectivity index (χ0) is 7.56. The summed E-state index contributed by atoms with van der Waals surface area (Å²) in [5, 5.41) is 0.561. The van der Waals surface area contributed by atoms with Gasteiger partial charge in [0.25, 0.3) is 0 Å². The van der Waals surface area contributed by atoms with Crippen LogP contribution in [0.5, 0.6) is 0 Å². The average Bonchev–Trinajstić information content (AvgIpc) is 2.15. The van der Waals surface area contributed by atoms with Crippen molar-refractivity contribution in [3.05, 3.63) is 0 Å². The van der Waals surface area contributed by atoms with Crippen LogP contribution in [-0.2, 0) is 0 Å². The van der Waals surface area contributed by atoms with E-state index in [1.54, 1.807) is 0 Å². The number of hydrogen-bond acceptors (Lipinski definition) is 2. The lowest BCUT2D eigenvalue weighted by atomic mass is 10.1. The summed E-state index contributed by atoms with van der Waals surface area (Å²) in [5.74, 6) is 0. The van der Waals surface area contributed by atoms with E-state index in [1.807, 2.05) is 0 Å². The molecule has 1 rings (SSSR count). The Morgan fingerprint density at radius 3 is 2.80 bits per heavy atom. The fourth-order valence-electron chi connectivity index (χ4n) is 1.67. The third kappa shape index (κ3) is 2.17. The lowest BCUT2D eigenvalue weighted by molar-refractivity contribution is 0.297. The van der Waals surface area contributed by atoms with Crippen molar-refractivity contribution in [2.24, 2.45) is 0 Å². The van der Waals surface area contributed by atoms with Gasteiger partial charge in [-0.25, -0.2) is 0 Å². The highest BCUT2D eigenvalue weighted by Crippen LogP contribution is 2.20. The van der Waals surface area contributed by atoms with E-state index in [0.717, 1.165) is 6.04 Å². The predicted octanol–water partition coefficient (Wildman–Crippen LogP) is 1.79. The number of hydrogen-bond donors (Lipinski definition) is 1. The molecule has 1 fully saturated rings. The van der Waals surface area contributed by atoms with Crippen LogP contribution in [0, 0.1) is 0 Å². The van der Waals surface area contributed by atoms with Crippen LogP contribution in [0.1, 0.15) is 26.2 Å². The molecule has 0 aromatic rings. The molecule has 60 valence electrons. The Labute approximate surface area is 69.2 Å². The maximum absolute atomic E-state index is 4.39. The summed E-state index contributed by atoms with van der Waals surface area (Å²) in [6.45, 7) is 3.46. The molecule has 2 atom stereocenters. The van der Waals surface area contributed by atoms with E-state index in [4.69, 9.17) is 0 Å². The number of likely N-dealkylation sites (tertiary alicyclic amines) is 1. The van der Waals surface area contributed by atoms with E-state index in [0.29, 0.717) is 5.25 Å². The first kappa shape index (κ1) is 8.41. The highest BCUT2D eigenvalue weighted by atomic mass is 32.1. The second-order valence-electron chi connectivity index (χ2n) is 3.36. The van der Waals surface area contributed by atoms with Crippen LogP contribution in [-0.4, -0.2) is 29.8 Å². The van der Waals surface area contributed by atoms with Crippen LogP contribution in [0.4, 0.5) is 0 Å². The number of rotatable bonds is 2. The average molecular weight is 159 g/mol. The Balaban J connectivity index is 2.26. The maximum Gasteiger partial charge on any atom is 0.0103 e. The van der Waals surface area contributed by atoms with Gasteiger partial charge in [-0.05, 0) is 32.9 Å². The molecule has 1 saturated heterocycles. The van der Waals surface area contributed by atoms with E-state index >= 15 is 0 Å². The van der Waals surface area contributed by atoms with E-state index < -0.39 is 0 Å². The van der Waals surface area contributed by atoms with Crippen LogP contribution in [0.25, 0.3) is 0 Å². The Morgan fingerprint density at radius 1 is 1.70 bits per heavy atom. The molecule has 0 saturated carbocycles. The molecule has 1 nitrogen and oxygen atoms in total. The van der Waals surface area contributed by atoms with Crippen molar-refractivity contribution in [1.29, 1.82) is 0 Å². The summed E-state index contributed by atoms with van der Waals surface area (Å²) < 4.78 is 0. The largest absolute Gasteiger partial charge is 0.303 e. The van der Waals surface area contributed by atoms with E-state index in [2.05, 4.69) is 31.5 Å². The van der Waals surface area contributed by atoms with Gasteiger partial charge in [-0.15, -0.1) is 0 Å². The highest BCUT2D eigenvalue weighted by molar-refractivity contribution is 7.80. The van der Waals surface area contributed by atoms with Gasteiger partial charge >= 0.3 is 0 Å². The van der Waals surface area contributed by atoms with Crippen molar-refractivity contribution in [3.63, 3.8) is 0 Å². The molecule has 0 amide bonds. The smallest absolute Gasteiger partial charge is 0.0103 e. The predicted molar refractivity (Wildman–Crippen MR) is 48.7 cm³/mol. The first-order chi connectivity index (χ1) is 4.70. The quantitative estimate of drug-likeness (QED) is 0.601. The molecule has 0 aromatic carbocycles. The zero-order valence-corrected chi connectivity index (χ0v) is 7.77. The van der Waals surface area contributed by atoms with Crippen LogP contribution in [0.2, 0.25) is 0 Å². The Kier molecular flexibility index (Phi) is 3.05. The Morgan fingerprint density at radius 2 is 2.40 bits per heavy atom. The summed E-state index contributed by atoms with van der Waals surface area (Å²) in [4.78, 5) is 2.45. The number of thiol groups is 1. The van der Waals surface area contributed by atoms with Crippen molar-refractivity contribution in [3.8, 4) is 0 Å². The van der Waals surface area contributed by atoms with Crippen molar-refractivity contribution in [2.75, 3.05) is 13.6 Å². The standard InChI is InChI=1S/C8H17NS/c1-7(10)6-8-4-3-5-9(8)2/h7-8,10H,3-6H2,1-2H3/t7?,8-/m0/s1. The second-order valence-corrected chi connectivity index (χ2v) is 4.24. The normalized spacial score (nSPS) is 30.9. The van der Waals surface area contributed by atoms with Crippen LogP contribution in [0.15, 0.2) is 0 Å². The summed E-state index contributed by atoms with van der Waals surface area (Å²) in [7, 11) is 2.22. The summed E-state index contributed by atoms with van der Waals surface area (Å²) in [5.41, 5.74) is 0. The van der Waals surface area contributed by atoms with Gasteiger partial charge < -0.3 is 4.90 Å². The van der Waals surface area contributed by atoms with Gasteiger partial charge in [0.05, 0.1) is 0 Å². The molecule has 0 spiro atoms. The molecule has 2 heteroatoms. The monoisotopic (exact) mass is 159 g/mol. The first-order valence-corrected chi connectivity index (χ1v) is 4.60. The van der Waals surface area contributed by atoms with E-state index in [-0.39, 0.29) is 0 Å². The van der Waals surface area contributed by atoms with Crippen molar-refractivity contribution >= 4 is 12.6 Å². The first-order valence-electron chi connectivity index (χ1n) is 4.08. The van der Waals surface area contributed by atoms with Crippen molar-refractivity contribution in [1.82, 2.24) is 4.90 Å². The van der Waals surface area contributed by atoms with E-state index in [1.165, 1.54) is 25.8 Å². The highest BCUT2D eigenvalue weighted by Gasteiger charge is 2.21. The third-order valence-electron chi connectivity index (χ3n) is 2.28. The molecule has 0 aliphatic carbocycles. The van der Waals surface area contributed by atoms with Crippen LogP contribution in [0.3, 0.4) is 0 Å². The fourth-order valence-corrected chi connectivity index (χ4v) is 1.91. The van der Waals surface area contributed by atoms with Crippen LogP contribution >= 0.6 is 12.6 Å². The molecule has 0 aromatic heterocycles. The molecule has 1 unspecified atom stereocenters. The molecule has 0 bridgehead atoms. The third-order valence-corrected chi connectivity index (χ3v) is 2.50. The van der Waals surface area contributed by atoms with E-state index in [9.17, 15) is 0 Å². The van der Waals surface area contributed by atoms with Crippen molar-refractivity contribution < 1.29 is 0 Å². The lowest BCUT2D eigenvalue weighted by Gasteiger charge is -2.20. The summed E-state index contributed by atoms with van der Waals surface area (Å²) in [6.07, 6.45) is 4.00. The minimum Gasteiger partial charge on any atom is -0.303 e. The zero-order valence-electron chi connectivity index (χ0n) is 6.88. The van der Waals surface area contributed by atoms with Gasteiger partial charge in [-0.2, -0.15) is 12.6 Å². The van der Waals surface area contributed by atoms with Gasteiger partial charge in [-0.3, -0.25) is 0 Å². The van der Waals surface area contributed by atoms with Crippen LogP contribution < -0.4 is 0 Å². The second kappa shape index (κ2) is 3.63. The van der Waals surface area contributed by atoms with Gasteiger partial charge in [0.1, 0.15) is 0 Å². The van der Waals surface area contributed by atoms with Gasteiger partial charge in [0, 0.05) is 11.3 Å².